The number of aliphatic carboxylic acids is 5. The molecule has 1 aromatic carbocycles. The highest BCUT2D eigenvalue weighted by molar-refractivity contribution is 5.77. The normalized spacial score (nSPS) is 13.3. The Morgan fingerprint density at radius 2 is 1.13 bits per heavy atom. The number of carboxylic acid groups (broad SMARTS) is 5. The number of guanidine groups is 1. The zero-order valence-electron chi connectivity index (χ0n) is 30.3. The van der Waals surface area contributed by atoms with Crippen LogP contribution in [0.2, 0.25) is 0 Å². The number of carbonyl (C=O) groups excluding carboxylic acids is 1. The summed E-state index contributed by atoms with van der Waals surface area (Å²) < 4.78 is 0. The number of benzene rings is 1. The van der Waals surface area contributed by atoms with E-state index in [2.05, 4.69) is 5.32 Å². The van der Waals surface area contributed by atoms with Gasteiger partial charge < -0.3 is 71.0 Å². The molecule has 0 unspecified atom stereocenters. The van der Waals surface area contributed by atoms with Crippen LogP contribution in [0.4, 0.5) is 0 Å². The Kier molecular flexibility index (Phi) is 33.2. The highest BCUT2D eigenvalue weighted by atomic mass is 16.4. The molecule has 0 spiro atoms. The van der Waals surface area contributed by atoms with Gasteiger partial charge in [0.2, 0.25) is 5.91 Å². The van der Waals surface area contributed by atoms with E-state index in [0.29, 0.717) is 38.1 Å². The van der Waals surface area contributed by atoms with E-state index in [9.17, 15) is 28.8 Å². The van der Waals surface area contributed by atoms with Gasteiger partial charge in [-0.2, -0.15) is 0 Å². The van der Waals surface area contributed by atoms with E-state index in [4.69, 9.17) is 71.1 Å². The van der Waals surface area contributed by atoms with Crippen LogP contribution in [-0.2, 0) is 35.2 Å². The summed E-state index contributed by atoms with van der Waals surface area (Å²) in [7, 11) is 0. The average molecular weight is 748 g/mol. The van der Waals surface area contributed by atoms with Crippen molar-refractivity contribution >= 4 is 41.7 Å². The lowest BCUT2D eigenvalue weighted by Crippen LogP contribution is -2.36. The van der Waals surface area contributed by atoms with Crippen LogP contribution in [0, 0.1) is 17.2 Å². The first-order valence-corrected chi connectivity index (χ1v) is 16.2. The molecule has 0 aliphatic carbocycles. The van der Waals surface area contributed by atoms with Gasteiger partial charge in [0, 0.05) is 13.0 Å². The molecule has 0 aromatic heterocycles. The fourth-order valence-corrected chi connectivity index (χ4v) is 3.15. The second-order valence-electron chi connectivity index (χ2n) is 11.8. The topological polar surface area (TPSA) is 422 Å². The molecule has 0 aliphatic rings. The van der Waals surface area contributed by atoms with Crippen molar-refractivity contribution in [1.29, 1.82) is 5.41 Å². The lowest BCUT2D eigenvalue weighted by molar-refractivity contribution is -0.140. The molecule has 1 amide bonds. The minimum absolute atomic E-state index is 0.0213. The zero-order chi connectivity index (χ0) is 41.6. The molecule has 1 rings (SSSR count). The lowest BCUT2D eigenvalue weighted by Gasteiger charge is -2.11. The second kappa shape index (κ2) is 32.0. The number of carbonyl (C=O) groups is 6. The Hall–Kier alpha value is -4.89. The first-order chi connectivity index (χ1) is 23.9. The van der Waals surface area contributed by atoms with Gasteiger partial charge >= 0.3 is 29.8 Å². The fraction of sp³-hybridized carbons (Fsp3) is 0.594. The maximum Gasteiger partial charge on any atom is 0.320 e. The first kappa shape index (κ1) is 53.9. The highest BCUT2D eigenvalue weighted by Gasteiger charge is 2.17. The summed E-state index contributed by atoms with van der Waals surface area (Å²) in [6.07, 6.45) is 2.85. The molecule has 0 saturated heterocycles. The van der Waals surface area contributed by atoms with E-state index in [-0.39, 0.29) is 24.7 Å². The van der Waals surface area contributed by atoms with Gasteiger partial charge in [0.15, 0.2) is 5.96 Å². The van der Waals surface area contributed by atoms with E-state index in [1.165, 1.54) is 0 Å². The summed E-state index contributed by atoms with van der Waals surface area (Å²) in [5, 5.41) is 51.1. The Bertz CT molecular complexity index is 1190. The van der Waals surface area contributed by atoms with E-state index >= 15 is 0 Å². The molecule has 52 heavy (non-hydrogen) atoms. The second-order valence-corrected chi connectivity index (χ2v) is 11.8. The van der Waals surface area contributed by atoms with E-state index in [1.807, 2.05) is 58.0 Å². The van der Waals surface area contributed by atoms with Crippen molar-refractivity contribution in [2.24, 2.45) is 52.0 Å². The van der Waals surface area contributed by atoms with Gasteiger partial charge in [0.25, 0.3) is 0 Å². The lowest BCUT2D eigenvalue weighted by atomic mass is 10.0. The summed E-state index contributed by atoms with van der Waals surface area (Å²) >= 11 is 0. The summed E-state index contributed by atoms with van der Waals surface area (Å²) in [6.45, 7) is 8.13. The Morgan fingerprint density at radius 3 is 1.44 bits per heavy atom. The van der Waals surface area contributed by atoms with Crippen molar-refractivity contribution in [2.45, 2.75) is 103 Å². The van der Waals surface area contributed by atoms with Crippen molar-refractivity contribution in [3.8, 4) is 0 Å². The molecule has 0 radical (unpaired) electrons. The number of hydrogen-bond donors (Lipinski definition) is 14. The van der Waals surface area contributed by atoms with Crippen LogP contribution in [0.3, 0.4) is 0 Å². The highest BCUT2D eigenvalue weighted by Crippen LogP contribution is 2.04. The number of nitrogens with one attached hydrogen (secondary N) is 2. The van der Waals surface area contributed by atoms with Crippen LogP contribution >= 0.6 is 0 Å². The van der Waals surface area contributed by atoms with Gasteiger partial charge in [-0.1, -0.05) is 64.4 Å². The standard InChI is InChI=1S/C9H11NO2.C6H14N4O2.2C6H13NO2.C5H10N2O3/c10-8(9(11)12)6-7-4-2-1-3-5-7;7-4(5(11)12)2-1-3-10-6(8)9;1-4(2)3-5(7)6(8)9;1-3-4(2)5(7)6(8)9;6-3(5(9)10)1-2-4(7)8/h1-5,8H,6,10H2,(H,11,12);4H,1-3,7H2,(H,11,12)(H4,8,9,10);2*4-5H,3,7H2,1-2H3,(H,8,9);3H,1-2,6H2,(H2,7,8)(H,9,10)/t8-;4-;5-;4-,5-;3-/m00000/s1. The van der Waals surface area contributed by atoms with E-state index in [0.717, 1.165) is 12.0 Å². The molecular formula is C32H61N9O11. The minimum Gasteiger partial charge on any atom is -0.480 e. The van der Waals surface area contributed by atoms with E-state index < -0.39 is 66.0 Å². The third kappa shape index (κ3) is 36.4. The number of primary amides is 1. The van der Waals surface area contributed by atoms with Gasteiger partial charge in [0.05, 0.1) is 0 Å². The third-order valence-electron chi connectivity index (χ3n) is 6.54. The molecule has 21 N–H and O–H groups in total. The molecule has 0 heterocycles. The molecule has 20 heteroatoms. The van der Waals surface area contributed by atoms with Crippen molar-refractivity contribution in [1.82, 2.24) is 5.32 Å². The smallest absolute Gasteiger partial charge is 0.320 e. The maximum absolute atomic E-state index is 10.4. The molecule has 0 aliphatic heterocycles. The third-order valence-corrected chi connectivity index (χ3v) is 6.54. The summed E-state index contributed by atoms with van der Waals surface area (Å²) in [5.74, 6) is -5.11. The van der Waals surface area contributed by atoms with Crippen LogP contribution in [-0.4, -0.2) is 104 Å². The predicted octanol–water partition coefficient (Wildman–Crippen LogP) is -1.14. The largest absolute Gasteiger partial charge is 0.480 e. The van der Waals surface area contributed by atoms with Crippen LogP contribution in [0.1, 0.15) is 71.8 Å². The van der Waals surface area contributed by atoms with Crippen molar-refractivity contribution < 1.29 is 54.3 Å². The summed E-state index contributed by atoms with van der Waals surface area (Å²) in [6, 6.07) is 5.36. The Morgan fingerprint density at radius 1 is 0.692 bits per heavy atom. The van der Waals surface area contributed by atoms with Crippen molar-refractivity contribution in [2.75, 3.05) is 6.54 Å². The van der Waals surface area contributed by atoms with Gasteiger partial charge in [-0.25, -0.2) is 0 Å². The van der Waals surface area contributed by atoms with Crippen molar-refractivity contribution in [3.05, 3.63) is 35.9 Å². The number of hydrogen-bond acceptors (Lipinski definition) is 12. The molecular weight excluding hydrogens is 686 g/mol. The predicted molar refractivity (Wildman–Crippen MR) is 195 cm³/mol. The first-order valence-electron chi connectivity index (χ1n) is 16.2. The maximum atomic E-state index is 10.4. The fourth-order valence-electron chi connectivity index (χ4n) is 3.15. The van der Waals surface area contributed by atoms with Crippen LogP contribution < -0.4 is 45.5 Å². The zero-order valence-corrected chi connectivity index (χ0v) is 30.3. The van der Waals surface area contributed by atoms with Gasteiger partial charge in [0.1, 0.15) is 30.2 Å². The van der Waals surface area contributed by atoms with Gasteiger partial charge in [-0.05, 0) is 49.5 Å². The molecule has 300 valence electrons. The van der Waals surface area contributed by atoms with Crippen LogP contribution in [0.25, 0.3) is 0 Å². The monoisotopic (exact) mass is 747 g/mol. The van der Waals surface area contributed by atoms with Crippen molar-refractivity contribution in [3.63, 3.8) is 0 Å². The number of amides is 1. The Labute approximate surface area is 303 Å². The molecule has 6 atom stereocenters. The SMILES string of the molecule is CC(C)C[C@H](N)C(=O)O.CC[C@H](C)[C@H](N)C(=O)O.N=C(N)NCCC[C@H](N)C(=O)O.NC(=O)CC[C@H](N)C(=O)O.N[C@@H](Cc1ccccc1)C(=O)O. The summed E-state index contributed by atoms with van der Waals surface area (Å²) in [4.78, 5) is 61.0. The van der Waals surface area contributed by atoms with Crippen LogP contribution in [0.15, 0.2) is 30.3 Å². The number of carboxylic acids is 5. The minimum atomic E-state index is -1.11. The molecule has 0 saturated carbocycles. The molecule has 0 bridgehead atoms. The number of rotatable bonds is 18. The van der Waals surface area contributed by atoms with E-state index in [1.54, 1.807) is 0 Å². The quantitative estimate of drug-likeness (QED) is 0.0479. The molecule has 1 aromatic rings. The van der Waals surface area contributed by atoms with Gasteiger partial charge in [-0.15, -0.1) is 0 Å². The van der Waals surface area contributed by atoms with Crippen LogP contribution in [0.5, 0.6) is 0 Å². The Balaban J connectivity index is -0.000000279. The molecule has 0 fully saturated rings. The van der Waals surface area contributed by atoms with Gasteiger partial charge in [-0.3, -0.25) is 34.2 Å². The molecule has 20 nitrogen and oxygen atoms in total. The summed E-state index contributed by atoms with van der Waals surface area (Å²) in [5.41, 5.74) is 36.8. The number of nitrogens with two attached hydrogens (primary N) is 7. The average Bonchev–Trinajstić information content (AvgIpc) is 3.05.